The summed E-state index contributed by atoms with van der Waals surface area (Å²) in [7, 11) is 0. The lowest BCUT2D eigenvalue weighted by Gasteiger charge is -2.01. The first kappa shape index (κ1) is 17.7. The second kappa shape index (κ2) is 8.35. The van der Waals surface area contributed by atoms with Crippen molar-refractivity contribution in [2.24, 2.45) is 0 Å². The van der Waals surface area contributed by atoms with Crippen LogP contribution in [-0.4, -0.2) is 27.4 Å². The van der Waals surface area contributed by atoms with Crippen molar-refractivity contribution in [3.8, 4) is 5.69 Å². The van der Waals surface area contributed by atoms with E-state index in [0.29, 0.717) is 19.4 Å². The average molecular weight is 372 g/mol. The summed E-state index contributed by atoms with van der Waals surface area (Å²) < 4.78 is 7.01. The number of carbonyl (C=O) groups is 1. The quantitative estimate of drug-likeness (QED) is 0.539. The number of nitrogens with zero attached hydrogens (tertiary/aromatic N) is 3. The summed E-state index contributed by atoms with van der Waals surface area (Å²) in [5.41, 5.74) is 3.91. The van der Waals surface area contributed by atoms with Gasteiger partial charge < -0.3 is 9.84 Å². The molecule has 28 heavy (non-hydrogen) atoms. The summed E-state index contributed by atoms with van der Waals surface area (Å²) in [6.07, 6.45) is 5.10. The van der Waals surface area contributed by atoms with Crippen LogP contribution >= 0.6 is 0 Å². The minimum atomic E-state index is -0.262. The molecule has 140 valence electrons. The highest BCUT2D eigenvalue weighted by atomic mass is 16.5. The van der Waals surface area contributed by atoms with E-state index < -0.39 is 0 Å². The second-order valence-corrected chi connectivity index (χ2v) is 6.48. The van der Waals surface area contributed by atoms with E-state index >= 15 is 0 Å². The number of amides is 1. The third-order valence-electron chi connectivity index (χ3n) is 4.37. The maximum Gasteiger partial charge on any atom is 0.289 e. The van der Waals surface area contributed by atoms with Gasteiger partial charge in [-0.05, 0) is 29.7 Å². The van der Waals surface area contributed by atoms with Crippen LogP contribution in [0, 0.1) is 0 Å². The fraction of sp³-hybridized carbons (Fsp3) is 0.136. The highest BCUT2D eigenvalue weighted by Gasteiger charge is 2.13. The normalized spacial score (nSPS) is 10.7. The van der Waals surface area contributed by atoms with Crippen molar-refractivity contribution in [1.82, 2.24) is 20.3 Å². The van der Waals surface area contributed by atoms with Crippen LogP contribution in [0.25, 0.3) is 5.69 Å². The Kier molecular flexibility index (Phi) is 5.29. The number of carbonyl (C=O) groups excluding carboxylic acids is 1. The van der Waals surface area contributed by atoms with E-state index in [-0.39, 0.29) is 11.7 Å². The Labute approximate surface area is 162 Å². The average Bonchev–Trinajstić information content (AvgIpc) is 3.39. The summed E-state index contributed by atoms with van der Waals surface area (Å²) in [5, 5.41) is 11.2. The molecule has 6 heteroatoms. The maximum absolute atomic E-state index is 12.3. The van der Waals surface area contributed by atoms with Gasteiger partial charge in [0, 0.05) is 25.2 Å². The van der Waals surface area contributed by atoms with Crippen LogP contribution in [-0.2, 0) is 12.8 Å². The van der Waals surface area contributed by atoms with Gasteiger partial charge >= 0.3 is 0 Å². The van der Waals surface area contributed by atoms with Gasteiger partial charge in [0.1, 0.15) is 0 Å². The minimum absolute atomic E-state index is 0.228. The van der Waals surface area contributed by atoms with E-state index in [0.717, 1.165) is 22.5 Å². The number of rotatable bonds is 7. The topological polar surface area (TPSA) is 73.0 Å². The fourth-order valence-electron chi connectivity index (χ4n) is 2.93. The highest BCUT2D eigenvalue weighted by Crippen LogP contribution is 2.11. The number of benzene rings is 2. The molecule has 1 N–H and O–H groups in total. The maximum atomic E-state index is 12.3. The van der Waals surface area contributed by atoms with Gasteiger partial charge in [-0.15, -0.1) is 0 Å². The number of aromatic nitrogens is 3. The first-order valence-electron chi connectivity index (χ1n) is 9.14. The van der Waals surface area contributed by atoms with Gasteiger partial charge in [0.15, 0.2) is 0 Å². The molecule has 0 fully saturated rings. The summed E-state index contributed by atoms with van der Waals surface area (Å²) in [5.74, 6) is -0.0341. The van der Waals surface area contributed by atoms with Crippen molar-refractivity contribution < 1.29 is 9.32 Å². The number of hydrogen-bond donors (Lipinski definition) is 1. The Morgan fingerprint density at radius 2 is 1.75 bits per heavy atom. The molecule has 0 bridgehead atoms. The molecule has 0 radical (unpaired) electrons. The number of hydrogen-bond acceptors (Lipinski definition) is 4. The zero-order valence-corrected chi connectivity index (χ0v) is 15.3. The fourth-order valence-corrected chi connectivity index (χ4v) is 2.93. The van der Waals surface area contributed by atoms with E-state index in [1.807, 2.05) is 77.7 Å². The Morgan fingerprint density at radius 3 is 2.54 bits per heavy atom. The lowest BCUT2D eigenvalue weighted by molar-refractivity contribution is 0.0917. The largest absolute Gasteiger partial charge is 0.351 e. The molecular weight excluding hydrogens is 352 g/mol. The van der Waals surface area contributed by atoms with Crippen molar-refractivity contribution in [2.75, 3.05) is 6.54 Å². The zero-order valence-electron chi connectivity index (χ0n) is 15.3. The van der Waals surface area contributed by atoms with Gasteiger partial charge in [0.05, 0.1) is 17.6 Å². The van der Waals surface area contributed by atoms with E-state index in [2.05, 4.69) is 15.6 Å². The van der Waals surface area contributed by atoms with Gasteiger partial charge in [-0.1, -0.05) is 53.7 Å². The molecule has 0 aliphatic rings. The van der Waals surface area contributed by atoms with Crippen LogP contribution in [0.5, 0.6) is 0 Å². The second-order valence-electron chi connectivity index (χ2n) is 6.48. The molecule has 2 aromatic heterocycles. The summed E-state index contributed by atoms with van der Waals surface area (Å²) in [4.78, 5) is 12.3. The molecule has 4 rings (SSSR count). The summed E-state index contributed by atoms with van der Waals surface area (Å²) in [6.45, 7) is 0.494. The molecule has 4 aromatic rings. The van der Waals surface area contributed by atoms with Crippen molar-refractivity contribution >= 4 is 5.91 Å². The van der Waals surface area contributed by atoms with Gasteiger partial charge in [0.25, 0.3) is 5.91 Å². The first-order valence-corrected chi connectivity index (χ1v) is 9.14. The van der Waals surface area contributed by atoms with Crippen molar-refractivity contribution in [2.45, 2.75) is 12.8 Å². The lowest BCUT2D eigenvalue weighted by atomic mass is 10.1. The predicted octanol–water partition coefficient (Wildman–Crippen LogP) is 3.42. The van der Waals surface area contributed by atoms with E-state index in [9.17, 15) is 4.79 Å². The van der Waals surface area contributed by atoms with E-state index in [1.165, 1.54) is 0 Å². The van der Waals surface area contributed by atoms with Gasteiger partial charge in [-0.2, -0.15) is 5.10 Å². The smallest absolute Gasteiger partial charge is 0.289 e. The minimum Gasteiger partial charge on any atom is -0.351 e. The van der Waals surface area contributed by atoms with Crippen LogP contribution in [0.15, 0.2) is 83.6 Å². The predicted molar refractivity (Wildman–Crippen MR) is 105 cm³/mol. The summed E-state index contributed by atoms with van der Waals surface area (Å²) >= 11 is 0. The van der Waals surface area contributed by atoms with Gasteiger partial charge in [0.2, 0.25) is 5.76 Å². The van der Waals surface area contributed by atoms with Crippen LogP contribution in [0.4, 0.5) is 0 Å². The molecule has 6 nitrogen and oxygen atoms in total. The highest BCUT2D eigenvalue weighted by molar-refractivity contribution is 5.91. The molecule has 2 heterocycles. The first-order chi connectivity index (χ1) is 13.8. The van der Waals surface area contributed by atoms with Crippen LogP contribution in [0.3, 0.4) is 0 Å². The number of para-hydroxylation sites is 1. The van der Waals surface area contributed by atoms with Crippen LogP contribution < -0.4 is 5.32 Å². The van der Waals surface area contributed by atoms with E-state index in [4.69, 9.17) is 4.52 Å². The van der Waals surface area contributed by atoms with E-state index in [1.54, 1.807) is 6.07 Å². The van der Waals surface area contributed by atoms with Gasteiger partial charge in [-0.25, -0.2) is 4.68 Å². The number of nitrogens with one attached hydrogen (secondary N) is 1. The Bertz CT molecular complexity index is 1040. The Hall–Kier alpha value is -3.67. The molecule has 0 saturated carbocycles. The summed E-state index contributed by atoms with van der Waals surface area (Å²) in [6, 6.07) is 21.6. The van der Waals surface area contributed by atoms with Crippen molar-refractivity contribution in [3.05, 3.63) is 102 Å². The van der Waals surface area contributed by atoms with Gasteiger partial charge in [-0.3, -0.25) is 4.79 Å². The molecular formula is C22H20N4O2. The molecule has 0 saturated heterocycles. The Morgan fingerprint density at radius 1 is 1.00 bits per heavy atom. The molecule has 1 amide bonds. The van der Waals surface area contributed by atoms with Crippen molar-refractivity contribution in [1.29, 1.82) is 0 Å². The molecule has 0 aliphatic carbocycles. The molecule has 0 unspecified atom stereocenters. The standard InChI is InChI=1S/C22H20N4O2/c27-22(21-14-19(25-28-21)13-17-7-3-1-4-8-17)23-12-11-18-15-24-26(16-18)20-9-5-2-6-10-20/h1-10,14-16H,11-13H2,(H,23,27). The zero-order chi connectivity index (χ0) is 19.2. The Balaban J connectivity index is 1.29. The lowest BCUT2D eigenvalue weighted by Crippen LogP contribution is -2.25. The van der Waals surface area contributed by atoms with Crippen molar-refractivity contribution in [3.63, 3.8) is 0 Å². The molecule has 0 aliphatic heterocycles. The molecule has 0 atom stereocenters. The SMILES string of the molecule is O=C(NCCc1cnn(-c2ccccc2)c1)c1cc(Cc2ccccc2)no1. The van der Waals surface area contributed by atoms with Crippen LogP contribution in [0.2, 0.25) is 0 Å². The van der Waals surface area contributed by atoms with Crippen LogP contribution in [0.1, 0.15) is 27.4 Å². The monoisotopic (exact) mass is 372 g/mol. The third kappa shape index (κ3) is 4.35. The molecule has 0 spiro atoms. The third-order valence-corrected chi connectivity index (χ3v) is 4.37. The molecule has 2 aromatic carbocycles.